The SMILES string of the molecule is N[C@@H]1CCN(C(=O)C2C3CCCC32)C1. The van der Waals surface area contributed by atoms with Crippen LogP contribution < -0.4 is 5.73 Å². The lowest BCUT2D eigenvalue weighted by Crippen LogP contribution is -2.33. The van der Waals surface area contributed by atoms with E-state index in [9.17, 15) is 4.79 Å². The maximum absolute atomic E-state index is 12.0. The van der Waals surface area contributed by atoms with E-state index in [2.05, 4.69) is 0 Å². The molecule has 2 unspecified atom stereocenters. The van der Waals surface area contributed by atoms with E-state index in [-0.39, 0.29) is 6.04 Å². The Hall–Kier alpha value is -0.570. The summed E-state index contributed by atoms with van der Waals surface area (Å²) in [6.45, 7) is 1.70. The van der Waals surface area contributed by atoms with Gasteiger partial charge in [-0.3, -0.25) is 4.79 Å². The largest absolute Gasteiger partial charge is 0.341 e. The van der Waals surface area contributed by atoms with Gasteiger partial charge in [0.15, 0.2) is 0 Å². The fourth-order valence-corrected chi connectivity index (χ4v) is 3.39. The number of rotatable bonds is 1. The molecule has 1 saturated heterocycles. The van der Waals surface area contributed by atoms with E-state index >= 15 is 0 Å². The maximum atomic E-state index is 12.0. The normalized spacial score (nSPS) is 45.4. The lowest BCUT2D eigenvalue weighted by molar-refractivity contribution is -0.132. The van der Waals surface area contributed by atoms with Gasteiger partial charge in [0.05, 0.1) is 0 Å². The molecule has 2 saturated carbocycles. The molecule has 0 aromatic carbocycles. The topological polar surface area (TPSA) is 46.3 Å². The Kier molecular flexibility index (Phi) is 1.84. The first-order valence-corrected chi connectivity index (χ1v) is 5.82. The summed E-state index contributed by atoms with van der Waals surface area (Å²) in [7, 11) is 0. The molecule has 0 radical (unpaired) electrons. The van der Waals surface area contributed by atoms with Crippen LogP contribution in [0.15, 0.2) is 0 Å². The third-order valence-electron chi connectivity index (χ3n) is 4.23. The summed E-state index contributed by atoms with van der Waals surface area (Å²) in [5.74, 6) is 2.31. The van der Waals surface area contributed by atoms with Gasteiger partial charge in [-0.1, -0.05) is 6.42 Å². The van der Waals surface area contributed by atoms with Crippen molar-refractivity contribution in [2.75, 3.05) is 13.1 Å². The molecule has 78 valence electrons. The molecule has 3 atom stereocenters. The van der Waals surface area contributed by atoms with Crippen LogP contribution in [-0.4, -0.2) is 29.9 Å². The van der Waals surface area contributed by atoms with Crippen molar-refractivity contribution in [2.24, 2.45) is 23.5 Å². The van der Waals surface area contributed by atoms with E-state index in [1.807, 2.05) is 4.90 Å². The molecule has 14 heavy (non-hydrogen) atoms. The Morgan fingerprint density at radius 1 is 1.21 bits per heavy atom. The average Bonchev–Trinajstić information content (AvgIpc) is 2.56. The molecule has 1 amide bonds. The molecule has 0 aromatic heterocycles. The van der Waals surface area contributed by atoms with Gasteiger partial charge in [0.2, 0.25) is 5.91 Å². The van der Waals surface area contributed by atoms with Gasteiger partial charge in [-0.2, -0.15) is 0 Å². The number of hydrogen-bond donors (Lipinski definition) is 1. The Morgan fingerprint density at radius 3 is 2.50 bits per heavy atom. The van der Waals surface area contributed by atoms with Crippen LogP contribution in [0.4, 0.5) is 0 Å². The van der Waals surface area contributed by atoms with Gasteiger partial charge >= 0.3 is 0 Å². The molecule has 1 heterocycles. The first-order chi connectivity index (χ1) is 6.77. The molecule has 2 N–H and O–H groups in total. The molecule has 3 nitrogen and oxygen atoms in total. The Labute approximate surface area is 84.6 Å². The summed E-state index contributed by atoms with van der Waals surface area (Å²) in [6, 6.07) is 0.234. The van der Waals surface area contributed by atoms with Gasteiger partial charge < -0.3 is 10.6 Å². The predicted octanol–water partition coefficient (Wildman–Crippen LogP) is 0.592. The van der Waals surface area contributed by atoms with Gasteiger partial charge in [-0.25, -0.2) is 0 Å². The first kappa shape index (κ1) is 8.72. The number of carbonyl (C=O) groups excluding carboxylic acids is 1. The maximum Gasteiger partial charge on any atom is 0.226 e. The van der Waals surface area contributed by atoms with Crippen molar-refractivity contribution in [2.45, 2.75) is 31.7 Å². The van der Waals surface area contributed by atoms with Crippen molar-refractivity contribution < 1.29 is 4.79 Å². The fraction of sp³-hybridized carbons (Fsp3) is 0.909. The summed E-state index contributed by atoms with van der Waals surface area (Å²) in [6.07, 6.45) is 4.92. The second kappa shape index (κ2) is 2.96. The van der Waals surface area contributed by atoms with Gasteiger partial charge in [0.25, 0.3) is 0 Å². The van der Waals surface area contributed by atoms with Crippen LogP contribution in [0, 0.1) is 17.8 Å². The molecule has 3 fully saturated rings. The van der Waals surface area contributed by atoms with Gasteiger partial charge in [0, 0.05) is 25.0 Å². The quantitative estimate of drug-likeness (QED) is 0.664. The minimum Gasteiger partial charge on any atom is -0.341 e. The van der Waals surface area contributed by atoms with Crippen LogP contribution in [0.5, 0.6) is 0 Å². The van der Waals surface area contributed by atoms with E-state index in [4.69, 9.17) is 5.73 Å². The Balaban J connectivity index is 1.61. The molecular weight excluding hydrogens is 176 g/mol. The fourth-order valence-electron chi connectivity index (χ4n) is 3.39. The minimum absolute atomic E-state index is 0.234. The molecule has 0 bridgehead atoms. The molecule has 0 aromatic rings. The van der Waals surface area contributed by atoms with Crippen LogP contribution in [0.3, 0.4) is 0 Å². The molecule has 3 heteroatoms. The highest BCUT2D eigenvalue weighted by molar-refractivity contribution is 5.82. The van der Waals surface area contributed by atoms with Crippen LogP contribution in [0.1, 0.15) is 25.7 Å². The summed E-state index contributed by atoms with van der Waals surface area (Å²) < 4.78 is 0. The second-order valence-corrected chi connectivity index (χ2v) is 5.12. The molecule has 0 spiro atoms. The van der Waals surface area contributed by atoms with Gasteiger partial charge in [0.1, 0.15) is 0 Å². The predicted molar refractivity (Wildman–Crippen MR) is 53.5 cm³/mol. The van der Waals surface area contributed by atoms with Crippen molar-refractivity contribution in [3.63, 3.8) is 0 Å². The zero-order chi connectivity index (χ0) is 9.71. The molecule has 3 aliphatic rings. The number of hydrogen-bond acceptors (Lipinski definition) is 2. The number of amides is 1. The monoisotopic (exact) mass is 194 g/mol. The Bertz CT molecular complexity index is 252. The molecule has 2 aliphatic carbocycles. The highest BCUT2D eigenvalue weighted by atomic mass is 16.2. The lowest BCUT2D eigenvalue weighted by atomic mass is 10.1. The van der Waals surface area contributed by atoms with E-state index in [0.29, 0.717) is 11.8 Å². The summed E-state index contributed by atoms with van der Waals surface area (Å²) in [4.78, 5) is 14.0. The summed E-state index contributed by atoms with van der Waals surface area (Å²) >= 11 is 0. The van der Waals surface area contributed by atoms with Gasteiger partial charge in [-0.05, 0) is 31.1 Å². The molecular formula is C11H18N2O. The summed E-state index contributed by atoms with van der Waals surface area (Å²) in [5, 5.41) is 0. The smallest absolute Gasteiger partial charge is 0.226 e. The number of carbonyl (C=O) groups is 1. The highest BCUT2D eigenvalue weighted by Gasteiger charge is 2.57. The third-order valence-corrected chi connectivity index (χ3v) is 4.23. The lowest BCUT2D eigenvalue weighted by Gasteiger charge is -2.16. The molecule has 1 aliphatic heterocycles. The van der Waals surface area contributed by atoms with Crippen molar-refractivity contribution in [1.29, 1.82) is 0 Å². The summed E-state index contributed by atoms with van der Waals surface area (Å²) in [5.41, 5.74) is 5.81. The first-order valence-electron chi connectivity index (χ1n) is 5.82. The Morgan fingerprint density at radius 2 is 1.93 bits per heavy atom. The molecule has 3 rings (SSSR count). The van der Waals surface area contributed by atoms with E-state index in [0.717, 1.165) is 31.3 Å². The van der Waals surface area contributed by atoms with Crippen LogP contribution in [0.2, 0.25) is 0 Å². The number of nitrogens with zero attached hydrogens (tertiary/aromatic N) is 1. The van der Waals surface area contributed by atoms with E-state index in [1.54, 1.807) is 0 Å². The van der Waals surface area contributed by atoms with Crippen LogP contribution in [-0.2, 0) is 4.79 Å². The van der Waals surface area contributed by atoms with Gasteiger partial charge in [-0.15, -0.1) is 0 Å². The van der Waals surface area contributed by atoms with Crippen molar-refractivity contribution in [3.05, 3.63) is 0 Å². The van der Waals surface area contributed by atoms with Crippen molar-refractivity contribution in [1.82, 2.24) is 4.90 Å². The highest BCUT2D eigenvalue weighted by Crippen LogP contribution is 2.58. The zero-order valence-electron chi connectivity index (χ0n) is 8.48. The van der Waals surface area contributed by atoms with Crippen LogP contribution in [0.25, 0.3) is 0 Å². The van der Waals surface area contributed by atoms with Crippen LogP contribution >= 0.6 is 0 Å². The number of nitrogens with two attached hydrogens (primary N) is 1. The zero-order valence-corrected chi connectivity index (χ0v) is 8.48. The standard InChI is InChI=1S/C11H18N2O/c12-7-4-5-13(6-7)11(14)10-8-2-1-3-9(8)10/h7-10H,1-6,12H2/t7-,8?,9?,10?/m1/s1. The third kappa shape index (κ3) is 1.18. The van der Waals surface area contributed by atoms with Crippen molar-refractivity contribution >= 4 is 5.91 Å². The number of likely N-dealkylation sites (tertiary alicyclic amines) is 1. The van der Waals surface area contributed by atoms with E-state index < -0.39 is 0 Å². The minimum atomic E-state index is 0.234. The number of fused-ring (bicyclic) bond motifs is 1. The second-order valence-electron chi connectivity index (χ2n) is 5.12. The van der Waals surface area contributed by atoms with E-state index in [1.165, 1.54) is 19.3 Å². The average molecular weight is 194 g/mol. The van der Waals surface area contributed by atoms with Crippen molar-refractivity contribution in [3.8, 4) is 0 Å².